The molecule has 0 aromatic rings. The Balaban J connectivity index is 0.000000396. The summed E-state index contributed by atoms with van der Waals surface area (Å²) in [5, 5.41) is 3.64. The maximum Gasteiger partial charge on any atom is 0.0483 e. The normalized spacial score (nSPS) is 31.0. The van der Waals surface area contributed by atoms with E-state index in [1.54, 1.807) is 0 Å². The van der Waals surface area contributed by atoms with Crippen LogP contribution in [-0.2, 0) is 4.74 Å². The summed E-state index contributed by atoms with van der Waals surface area (Å²) < 4.78 is 5.36. The zero-order valence-electron chi connectivity index (χ0n) is 8.64. The van der Waals surface area contributed by atoms with Crippen molar-refractivity contribution in [2.24, 2.45) is 5.92 Å². The van der Waals surface area contributed by atoms with E-state index < -0.39 is 0 Å². The number of ether oxygens (including phenoxy) is 1. The summed E-state index contributed by atoms with van der Waals surface area (Å²) in [4.78, 5) is 0. The van der Waals surface area contributed by atoms with Crippen LogP contribution in [0.1, 0.15) is 26.2 Å². The van der Waals surface area contributed by atoms with Gasteiger partial charge >= 0.3 is 0 Å². The summed E-state index contributed by atoms with van der Waals surface area (Å²) in [5.41, 5.74) is 0.457. The van der Waals surface area contributed by atoms with Gasteiger partial charge in [0.1, 0.15) is 0 Å². The maximum atomic E-state index is 5.36. The lowest BCUT2D eigenvalue weighted by molar-refractivity contribution is 0.0310. The molecule has 0 saturated carbocycles. The van der Waals surface area contributed by atoms with Crippen LogP contribution in [0.3, 0.4) is 0 Å². The second-order valence-electron chi connectivity index (χ2n) is 3.89. The highest BCUT2D eigenvalue weighted by molar-refractivity contribution is 4.98. The Bertz CT molecular complexity index is 152. The Morgan fingerprint density at radius 2 is 1.92 bits per heavy atom. The van der Waals surface area contributed by atoms with Gasteiger partial charge in [-0.05, 0) is 31.7 Å². The molecule has 0 aromatic heterocycles. The van der Waals surface area contributed by atoms with Crippen molar-refractivity contribution in [1.29, 1.82) is 0 Å². The van der Waals surface area contributed by atoms with Gasteiger partial charge in [0.25, 0.3) is 0 Å². The van der Waals surface area contributed by atoms with Gasteiger partial charge in [0.05, 0.1) is 0 Å². The van der Waals surface area contributed by atoms with Gasteiger partial charge in [-0.25, -0.2) is 0 Å². The molecule has 0 bridgehead atoms. The van der Waals surface area contributed by atoms with Crippen molar-refractivity contribution in [2.45, 2.75) is 31.7 Å². The third-order valence-electron chi connectivity index (χ3n) is 3.38. The second kappa shape index (κ2) is 4.77. The van der Waals surface area contributed by atoms with Crippen molar-refractivity contribution < 1.29 is 4.74 Å². The van der Waals surface area contributed by atoms with Crippen molar-refractivity contribution in [3.8, 4) is 0 Å². The first-order valence-electron chi connectivity index (χ1n) is 5.16. The molecule has 1 unspecified atom stereocenters. The van der Waals surface area contributed by atoms with E-state index in [0.29, 0.717) is 5.54 Å². The quantitative estimate of drug-likeness (QED) is 0.580. The molecule has 2 heterocycles. The van der Waals surface area contributed by atoms with Crippen molar-refractivity contribution >= 4 is 0 Å². The molecule has 1 N–H and O–H groups in total. The Hall–Kier alpha value is -0.340. The third kappa shape index (κ3) is 2.12. The van der Waals surface area contributed by atoms with Gasteiger partial charge in [-0.3, -0.25) is 0 Å². The minimum atomic E-state index is 0.457. The van der Waals surface area contributed by atoms with Gasteiger partial charge in [-0.15, -0.1) is 13.2 Å². The zero-order chi connectivity index (χ0) is 9.73. The molecule has 2 rings (SSSR count). The Labute approximate surface area is 81.4 Å². The fourth-order valence-electron chi connectivity index (χ4n) is 2.39. The van der Waals surface area contributed by atoms with Gasteiger partial charge in [-0.1, -0.05) is 6.92 Å². The van der Waals surface area contributed by atoms with E-state index in [2.05, 4.69) is 25.4 Å². The topological polar surface area (TPSA) is 21.3 Å². The Morgan fingerprint density at radius 3 is 2.38 bits per heavy atom. The largest absolute Gasteiger partial charge is 0.381 e. The molecular formula is C11H21NO. The molecule has 2 aliphatic rings. The number of hydrogen-bond acceptors (Lipinski definition) is 2. The lowest BCUT2D eigenvalue weighted by Crippen LogP contribution is -2.48. The monoisotopic (exact) mass is 183 g/mol. The molecule has 0 amide bonds. The first kappa shape index (κ1) is 10.7. The SMILES string of the molecule is C=C.CC1CCNC12CCOCC2. The summed E-state index contributed by atoms with van der Waals surface area (Å²) in [6.45, 7) is 11.5. The van der Waals surface area contributed by atoms with Gasteiger partial charge in [-0.2, -0.15) is 0 Å². The highest BCUT2D eigenvalue weighted by atomic mass is 16.5. The van der Waals surface area contributed by atoms with Gasteiger partial charge < -0.3 is 10.1 Å². The molecule has 0 radical (unpaired) electrons. The molecule has 2 saturated heterocycles. The van der Waals surface area contributed by atoms with Gasteiger partial charge in [0.2, 0.25) is 0 Å². The summed E-state index contributed by atoms with van der Waals surface area (Å²) in [7, 11) is 0. The molecule has 13 heavy (non-hydrogen) atoms. The van der Waals surface area contributed by atoms with E-state index in [1.807, 2.05) is 0 Å². The second-order valence-corrected chi connectivity index (χ2v) is 3.89. The van der Waals surface area contributed by atoms with E-state index in [1.165, 1.54) is 25.8 Å². The van der Waals surface area contributed by atoms with Crippen LogP contribution in [0, 0.1) is 5.92 Å². The fourth-order valence-corrected chi connectivity index (χ4v) is 2.39. The van der Waals surface area contributed by atoms with Crippen molar-refractivity contribution in [2.75, 3.05) is 19.8 Å². The average molecular weight is 183 g/mol. The number of nitrogens with one attached hydrogen (secondary N) is 1. The van der Waals surface area contributed by atoms with Crippen LogP contribution in [0.25, 0.3) is 0 Å². The lowest BCUT2D eigenvalue weighted by Gasteiger charge is -2.37. The average Bonchev–Trinajstić information content (AvgIpc) is 2.53. The van der Waals surface area contributed by atoms with Crippen molar-refractivity contribution in [3.05, 3.63) is 13.2 Å². The van der Waals surface area contributed by atoms with E-state index in [9.17, 15) is 0 Å². The standard InChI is InChI=1S/C9H17NO.C2H4/c1-8-2-5-10-9(8)3-6-11-7-4-9;1-2/h8,10H,2-7H2,1H3;1-2H2. The van der Waals surface area contributed by atoms with E-state index >= 15 is 0 Å². The summed E-state index contributed by atoms with van der Waals surface area (Å²) in [5.74, 6) is 0.853. The molecule has 1 atom stereocenters. The van der Waals surface area contributed by atoms with Crippen LogP contribution >= 0.6 is 0 Å². The molecule has 0 aromatic carbocycles. The van der Waals surface area contributed by atoms with Crippen LogP contribution in [0.4, 0.5) is 0 Å². The summed E-state index contributed by atoms with van der Waals surface area (Å²) >= 11 is 0. The zero-order valence-corrected chi connectivity index (χ0v) is 8.64. The first-order chi connectivity index (χ1) is 6.33. The minimum Gasteiger partial charge on any atom is -0.381 e. The van der Waals surface area contributed by atoms with Crippen molar-refractivity contribution in [3.63, 3.8) is 0 Å². The number of hydrogen-bond donors (Lipinski definition) is 1. The maximum absolute atomic E-state index is 5.36. The van der Waals surface area contributed by atoms with Crippen LogP contribution in [0.2, 0.25) is 0 Å². The molecular weight excluding hydrogens is 162 g/mol. The van der Waals surface area contributed by atoms with Crippen molar-refractivity contribution in [1.82, 2.24) is 5.32 Å². The fraction of sp³-hybridized carbons (Fsp3) is 0.818. The molecule has 76 valence electrons. The van der Waals surface area contributed by atoms with E-state index in [0.717, 1.165) is 19.1 Å². The van der Waals surface area contributed by atoms with E-state index in [4.69, 9.17) is 4.74 Å². The Morgan fingerprint density at radius 1 is 1.31 bits per heavy atom. The summed E-state index contributed by atoms with van der Waals surface area (Å²) in [6, 6.07) is 0. The molecule has 0 aliphatic carbocycles. The lowest BCUT2D eigenvalue weighted by atomic mass is 9.80. The van der Waals surface area contributed by atoms with Gasteiger partial charge in [0.15, 0.2) is 0 Å². The summed E-state index contributed by atoms with van der Waals surface area (Å²) in [6.07, 6.45) is 3.78. The molecule has 2 aliphatic heterocycles. The Kier molecular flexibility index (Phi) is 3.94. The molecule has 2 nitrogen and oxygen atoms in total. The highest BCUT2D eigenvalue weighted by Gasteiger charge is 2.40. The van der Waals surface area contributed by atoms with Crippen LogP contribution in [-0.4, -0.2) is 25.3 Å². The predicted molar refractivity (Wildman–Crippen MR) is 55.8 cm³/mol. The molecule has 1 spiro atoms. The third-order valence-corrected chi connectivity index (χ3v) is 3.38. The first-order valence-corrected chi connectivity index (χ1v) is 5.16. The molecule has 2 fully saturated rings. The molecule has 2 heteroatoms. The number of rotatable bonds is 0. The van der Waals surface area contributed by atoms with Crippen LogP contribution in [0.15, 0.2) is 13.2 Å². The minimum absolute atomic E-state index is 0.457. The smallest absolute Gasteiger partial charge is 0.0483 e. The predicted octanol–water partition coefficient (Wildman–Crippen LogP) is 1.97. The van der Waals surface area contributed by atoms with Gasteiger partial charge in [0, 0.05) is 18.8 Å². The van der Waals surface area contributed by atoms with E-state index in [-0.39, 0.29) is 0 Å². The van der Waals surface area contributed by atoms with Crippen LogP contribution < -0.4 is 5.32 Å². The van der Waals surface area contributed by atoms with Crippen LogP contribution in [0.5, 0.6) is 0 Å². The highest BCUT2D eigenvalue weighted by Crippen LogP contribution is 2.34.